The Balaban J connectivity index is 1.50. The van der Waals surface area contributed by atoms with Crippen molar-refractivity contribution in [1.29, 1.82) is 5.26 Å². The van der Waals surface area contributed by atoms with Gasteiger partial charge in [-0.1, -0.05) is 48.5 Å². The second-order valence-corrected chi connectivity index (χ2v) is 7.44. The van der Waals surface area contributed by atoms with Gasteiger partial charge in [-0.25, -0.2) is 4.98 Å². The Morgan fingerprint density at radius 1 is 1.06 bits per heavy atom. The molecule has 0 unspecified atom stereocenters. The van der Waals surface area contributed by atoms with Gasteiger partial charge in [0, 0.05) is 23.8 Å². The van der Waals surface area contributed by atoms with Gasteiger partial charge in [-0.2, -0.15) is 15.0 Å². The molecule has 0 saturated heterocycles. The van der Waals surface area contributed by atoms with Gasteiger partial charge in [0.15, 0.2) is 17.4 Å². The number of nitrogens with zero attached hydrogens (tertiary/aromatic N) is 4. The Morgan fingerprint density at radius 3 is 2.59 bits per heavy atom. The number of aromatic nitrogens is 3. The molecular weight excluding hydrogens is 402 g/mol. The molecule has 0 saturated carbocycles. The lowest BCUT2D eigenvalue weighted by atomic mass is 10.1. The molecule has 2 aromatic carbocycles. The molecule has 1 amide bonds. The van der Waals surface area contributed by atoms with Gasteiger partial charge >= 0.3 is 0 Å². The fourth-order valence-electron chi connectivity index (χ4n) is 3.54. The molecule has 0 aliphatic heterocycles. The molecular formula is C25H21N5O2. The third-order valence-electron chi connectivity index (χ3n) is 5.18. The molecule has 0 fully saturated rings. The zero-order valence-electron chi connectivity index (χ0n) is 17.6. The summed E-state index contributed by atoms with van der Waals surface area (Å²) in [6.07, 6.45) is 2.23. The predicted octanol–water partition coefficient (Wildman–Crippen LogP) is 4.59. The molecule has 2 heterocycles. The maximum absolute atomic E-state index is 12.6. The first-order chi connectivity index (χ1) is 15.6. The molecule has 0 aliphatic rings. The zero-order chi connectivity index (χ0) is 22.5. The van der Waals surface area contributed by atoms with Crippen LogP contribution in [-0.2, 0) is 4.79 Å². The van der Waals surface area contributed by atoms with Crippen LogP contribution < -0.4 is 5.32 Å². The lowest BCUT2D eigenvalue weighted by Gasteiger charge is -2.11. The normalized spacial score (nSPS) is 10.6. The van der Waals surface area contributed by atoms with Gasteiger partial charge in [-0.3, -0.25) is 9.59 Å². The van der Waals surface area contributed by atoms with E-state index in [9.17, 15) is 14.9 Å². The maximum atomic E-state index is 12.6. The van der Waals surface area contributed by atoms with Crippen molar-refractivity contribution in [3.8, 4) is 11.9 Å². The van der Waals surface area contributed by atoms with Crippen LogP contribution in [0.15, 0.2) is 66.9 Å². The number of fused-ring (bicyclic) bond motifs is 1. The topological polar surface area (TPSA) is 101 Å². The molecule has 7 nitrogen and oxygen atoms in total. The number of aryl methyl sites for hydroxylation is 1. The number of nitrogens with one attached hydrogen (secondary N) is 1. The molecule has 4 rings (SSSR count). The van der Waals surface area contributed by atoms with E-state index in [4.69, 9.17) is 0 Å². The number of carbonyl (C=O) groups is 2. The monoisotopic (exact) mass is 423 g/mol. The van der Waals surface area contributed by atoms with Crippen LogP contribution in [0.1, 0.15) is 40.7 Å². The molecule has 0 atom stereocenters. The van der Waals surface area contributed by atoms with Crippen LogP contribution in [0.2, 0.25) is 0 Å². The summed E-state index contributed by atoms with van der Waals surface area (Å²) in [5, 5.41) is 17.5. The summed E-state index contributed by atoms with van der Waals surface area (Å²) in [4.78, 5) is 29.4. The van der Waals surface area contributed by atoms with E-state index in [0.717, 1.165) is 16.5 Å². The third kappa shape index (κ3) is 4.40. The van der Waals surface area contributed by atoms with E-state index in [1.54, 1.807) is 12.1 Å². The number of hydrogen-bond acceptors (Lipinski definition) is 5. The number of pyridine rings is 1. The van der Waals surface area contributed by atoms with Crippen molar-refractivity contribution in [3.05, 3.63) is 83.6 Å². The van der Waals surface area contributed by atoms with Gasteiger partial charge in [0.2, 0.25) is 5.91 Å². The maximum Gasteiger partial charge on any atom is 0.225 e. The van der Waals surface area contributed by atoms with Crippen molar-refractivity contribution in [3.63, 3.8) is 0 Å². The van der Waals surface area contributed by atoms with Crippen molar-refractivity contribution >= 4 is 28.4 Å². The number of carbonyl (C=O) groups excluding carboxylic acids is 2. The number of hydrogen-bond donors (Lipinski definition) is 1. The second-order valence-electron chi connectivity index (χ2n) is 7.44. The fraction of sp³-hybridized carbons (Fsp3) is 0.160. The number of para-hydroxylation sites is 1. The molecule has 0 spiro atoms. The van der Waals surface area contributed by atoms with Gasteiger partial charge in [-0.05, 0) is 31.0 Å². The quantitative estimate of drug-likeness (QED) is 0.438. The first-order valence-electron chi connectivity index (χ1n) is 10.3. The summed E-state index contributed by atoms with van der Waals surface area (Å²) in [5.41, 5.74) is 2.69. The number of amides is 1. The second kappa shape index (κ2) is 9.23. The standard InChI is InChI=1S/C25H21N5O2/c1-17-14-23(28-21-11-6-5-10-20(17)21)30-25(19(15-26)16-27-30)29-24(32)13-7-12-22(31)18-8-3-2-4-9-18/h2-6,8-11,14,16H,7,12-13H2,1H3,(H,29,32). The van der Waals surface area contributed by atoms with E-state index in [-0.39, 0.29) is 35.9 Å². The number of ketones is 1. The Bertz CT molecular complexity index is 1340. The predicted molar refractivity (Wildman–Crippen MR) is 122 cm³/mol. The number of Topliss-reactive ketones (excluding diaryl/α,β-unsaturated/α-hetero) is 1. The van der Waals surface area contributed by atoms with E-state index < -0.39 is 0 Å². The van der Waals surface area contributed by atoms with Crippen LogP contribution in [0.4, 0.5) is 5.82 Å². The zero-order valence-corrected chi connectivity index (χ0v) is 17.6. The minimum Gasteiger partial charge on any atom is -0.309 e. The van der Waals surface area contributed by atoms with Crippen molar-refractivity contribution in [1.82, 2.24) is 14.8 Å². The highest BCUT2D eigenvalue weighted by atomic mass is 16.1. The average molecular weight is 423 g/mol. The summed E-state index contributed by atoms with van der Waals surface area (Å²) < 4.78 is 1.46. The van der Waals surface area contributed by atoms with Crippen molar-refractivity contribution in [2.75, 3.05) is 5.32 Å². The first kappa shape index (κ1) is 20.9. The van der Waals surface area contributed by atoms with E-state index >= 15 is 0 Å². The summed E-state index contributed by atoms with van der Waals surface area (Å²) in [7, 11) is 0. The Morgan fingerprint density at radius 2 is 1.81 bits per heavy atom. The number of nitriles is 1. The van der Waals surface area contributed by atoms with E-state index in [0.29, 0.717) is 17.8 Å². The fourth-order valence-corrected chi connectivity index (χ4v) is 3.54. The van der Waals surface area contributed by atoms with Crippen LogP contribution in [0.25, 0.3) is 16.7 Å². The molecule has 2 aromatic heterocycles. The van der Waals surface area contributed by atoms with Gasteiger partial charge in [0.1, 0.15) is 11.6 Å². The van der Waals surface area contributed by atoms with Crippen LogP contribution in [0.3, 0.4) is 0 Å². The summed E-state index contributed by atoms with van der Waals surface area (Å²) in [5.74, 6) is 0.491. The van der Waals surface area contributed by atoms with E-state index in [1.807, 2.05) is 55.5 Å². The number of benzene rings is 2. The van der Waals surface area contributed by atoms with Gasteiger partial charge in [0.05, 0.1) is 11.7 Å². The van der Waals surface area contributed by atoms with Crippen molar-refractivity contribution in [2.45, 2.75) is 26.2 Å². The molecule has 158 valence electrons. The van der Waals surface area contributed by atoms with Gasteiger partial charge < -0.3 is 5.32 Å². The van der Waals surface area contributed by atoms with Crippen LogP contribution in [0, 0.1) is 18.3 Å². The van der Waals surface area contributed by atoms with Crippen LogP contribution in [0.5, 0.6) is 0 Å². The minimum absolute atomic E-state index is 0.00278. The van der Waals surface area contributed by atoms with E-state index in [1.165, 1.54) is 10.9 Å². The summed E-state index contributed by atoms with van der Waals surface area (Å²) in [6.45, 7) is 1.98. The number of rotatable bonds is 7. The lowest BCUT2D eigenvalue weighted by Crippen LogP contribution is -2.16. The van der Waals surface area contributed by atoms with Gasteiger partial charge in [0.25, 0.3) is 0 Å². The smallest absolute Gasteiger partial charge is 0.225 e. The molecule has 4 aromatic rings. The molecule has 0 aliphatic carbocycles. The van der Waals surface area contributed by atoms with Crippen molar-refractivity contribution in [2.24, 2.45) is 0 Å². The van der Waals surface area contributed by atoms with Gasteiger partial charge in [-0.15, -0.1) is 0 Å². The lowest BCUT2D eigenvalue weighted by molar-refractivity contribution is -0.116. The highest BCUT2D eigenvalue weighted by Gasteiger charge is 2.17. The summed E-state index contributed by atoms with van der Waals surface area (Å²) >= 11 is 0. The highest BCUT2D eigenvalue weighted by molar-refractivity contribution is 5.97. The van der Waals surface area contributed by atoms with Crippen LogP contribution >= 0.6 is 0 Å². The molecule has 32 heavy (non-hydrogen) atoms. The molecule has 1 N–H and O–H groups in total. The Kier molecular flexibility index (Phi) is 6.04. The minimum atomic E-state index is -0.290. The third-order valence-corrected chi connectivity index (χ3v) is 5.18. The largest absolute Gasteiger partial charge is 0.309 e. The molecule has 0 radical (unpaired) electrons. The van der Waals surface area contributed by atoms with Crippen molar-refractivity contribution < 1.29 is 9.59 Å². The molecule has 7 heteroatoms. The number of anilines is 1. The summed E-state index contributed by atoms with van der Waals surface area (Å²) in [6, 6.07) is 20.7. The first-order valence-corrected chi connectivity index (χ1v) is 10.3. The highest BCUT2D eigenvalue weighted by Crippen LogP contribution is 2.23. The average Bonchev–Trinajstić information content (AvgIpc) is 3.22. The molecule has 0 bridgehead atoms. The van der Waals surface area contributed by atoms with Crippen LogP contribution in [-0.4, -0.2) is 26.5 Å². The SMILES string of the molecule is Cc1cc(-n2ncc(C#N)c2NC(=O)CCCC(=O)c2ccccc2)nc2ccccc12. The van der Waals surface area contributed by atoms with E-state index in [2.05, 4.69) is 21.5 Å². The Labute approximate surface area is 185 Å². The Hall–Kier alpha value is -4.31.